The normalized spacial score (nSPS) is 22.6. The Balaban J connectivity index is 1.27. The maximum absolute atomic E-state index is 14.2. The SMILES string of the molecule is COc1cc(C(=O)N(Cc2nc(Cc3ccccc3)sc2Cl)C[C@@H]2CC3CCCCC3N2)cc2c1OC(C)(C)O2. The van der Waals surface area contributed by atoms with Crippen molar-refractivity contribution in [2.75, 3.05) is 13.7 Å². The molecule has 3 aliphatic rings. The van der Waals surface area contributed by atoms with Crippen LogP contribution in [-0.4, -0.2) is 47.3 Å². The van der Waals surface area contributed by atoms with Crippen LogP contribution in [0.3, 0.4) is 0 Å². The summed E-state index contributed by atoms with van der Waals surface area (Å²) in [7, 11) is 1.57. The second-order valence-electron chi connectivity index (χ2n) is 11.5. The van der Waals surface area contributed by atoms with Crippen molar-refractivity contribution in [1.82, 2.24) is 15.2 Å². The summed E-state index contributed by atoms with van der Waals surface area (Å²) >= 11 is 8.21. The molecule has 212 valence electrons. The van der Waals surface area contributed by atoms with Crippen LogP contribution in [0.1, 0.15) is 72.6 Å². The van der Waals surface area contributed by atoms with Crippen LogP contribution in [0.4, 0.5) is 0 Å². The van der Waals surface area contributed by atoms with Crippen LogP contribution in [0.25, 0.3) is 0 Å². The van der Waals surface area contributed by atoms with Gasteiger partial charge in [-0.25, -0.2) is 4.98 Å². The first-order valence-electron chi connectivity index (χ1n) is 14.1. The summed E-state index contributed by atoms with van der Waals surface area (Å²) in [6.07, 6.45) is 6.84. The minimum Gasteiger partial charge on any atom is -0.493 e. The number of ether oxygens (including phenoxy) is 3. The minimum atomic E-state index is -0.829. The van der Waals surface area contributed by atoms with Crippen molar-refractivity contribution < 1.29 is 19.0 Å². The summed E-state index contributed by atoms with van der Waals surface area (Å²) in [4.78, 5) is 20.9. The van der Waals surface area contributed by atoms with Gasteiger partial charge in [-0.1, -0.05) is 54.8 Å². The van der Waals surface area contributed by atoms with Gasteiger partial charge in [-0.15, -0.1) is 11.3 Å². The summed E-state index contributed by atoms with van der Waals surface area (Å²) in [5.41, 5.74) is 2.40. The van der Waals surface area contributed by atoms with E-state index in [-0.39, 0.29) is 11.9 Å². The molecule has 0 bridgehead atoms. The fraction of sp³-hybridized carbons (Fsp3) is 0.484. The first-order chi connectivity index (χ1) is 19.3. The first kappa shape index (κ1) is 27.4. The minimum absolute atomic E-state index is 0.111. The van der Waals surface area contributed by atoms with Crippen LogP contribution in [0.5, 0.6) is 17.2 Å². The number of hydrogen-bond donors (Lipinski definition) is 1. The van der Waals surface area contributed by atoms with Crippen molar-refractivity contribution in [3.05, 3.63) is 68.6 Å². The molecule has 1 aliphatic carbocycles. The van der Waals surface area contributed by atoms with Crippen molar-refractivity contribution in [3.8, 4) is 17.2 Å². The number of aromatic nitrogens is 1. The molecule has 9 heteroatoms. The van der Waals surface area contributed by atoms with Gasteiger partial charge in [0.05, 0.1) is 24.4 Å². The molecule has 40 heavy (non-hydrogen) atoms. The van der Waals surface area contributed by atoms with Crippen molar-refractivity contribution in [3.63, 3.8) is 0 Å². The molecular formula is C31H36ClN3O4S. The molecule has 1 saturated carbocycles. The number of nitrogens with one attached hydrogen (secondary N) is 1. The second-order valence-corrected chi connectivity index (χ2v) is 13.2. The van der Waals surface area contributed by atoms with E-state index >= 15 is 0 Å². The Kier molecular flexibility index (Phi) is 7.68. The van der Waals surface area contributed by atoms with Crippen molar-refractivity contribution in [1.29, 1.82) is 0 Å². The lowest BCUT2D eigenvalue weighted by atomic mass is 9.85. The predicted octanol–water partition coefficient (Wildman–Crippen LogP) is 6.47. The third-order valence-electron chi connectivity index (χ3n) is 8.10. The van der Waals surface area contributed by atoms with Crippen LogP contribution in [0.2, 0.25) is 4.34 Å². The van der Waals surface area contributed by atoms with Gasteiger partial charge in [0.25, 0.3) is 5.91 Å². The van der Waals surface area contributed by atoms with Crippen LogP contribution in [0.15, 0.2) is 42.5 Å². The lowest BCUT2D eigenvalue weighted by Crippen LogP contribution is -2.42. The second kappa shape index (κ2) is 11.2. The molecule has 1 amide bonds. The number of thiazole rings is 1. The summed E-state index contributed by atoms with van der Waals surface area (Å²) in [6.45, 7) is 4.58. The van der Waals surface area contributed by atoms with Gasteiger partial charge < -0.3 is 24.4 Å². The molecule has 1 aromatic heterocycles. The molecule has 6 rings (SSSR count). The highest BCUT2D eigenvalue weighted by molar-refractivity contribution is 7.16. The Labute approximate surface area is 244 Å². The van der Waals surface area contributed by atoms with Gasteiger partial charge in [0.15, 0.2) is 11.5 Å². The lowest BCUT2D eigenvalue weighted by Gasteiger charge is -2.26. The molecule has 1 saturated heterocycles. The molecule has 2 aromatic carbocycles. The number of methoxy groups -OCH3 is 1. The highest BCUT2D eigenvalue weighted by Crippen LogP contribution is 2.47. The Morgan fingerprint density at radius 1 is 1.20 bits per heavy atom. The predicted molar refractivity (Wildman–Crippen MR) is 157 cm³/mol. The Morgan fingerprint density at radius 3 is 2.77 bits per heavy atom. The van der Waals surface area contributed by atoms with Gasteiger partial charge in [-0.2, -0.15) is 0 Å². The zero-order valence-electron chi connectivity index (χ0n) is 23.2. The molecular weight excluding hydrogens is 546 g/mol. The zero-order valence-corrected chi connectivity index (χ0v) is 24.8. The van der Waals surface area contributed by atoms with E-state index in [1.807, 2.05) is 36.9 Å². The Morgan fingerprint density at radius 2 is 2.00 bits per heavy atom. The van der Waals surface area contributed by atoms with Gasteiger partial charge in [-0.05, 0) is 42.9 Å². The van der Waals surface area contributed by atoms with E-state index in [1.165, 1.54) is 42.6 Å². The van der Waals surface area contributed by atoms with Crippen molar-refractivity contribution >= 4 is 28.8 Å². The molecule has 1 N–H and O–H groups in total. The number of benzene rings is 2. The number of carbonyl (C=O) groups excluding carboxylic acids is 1. The molecule has 3 aromatic rings. The number of hydrogen-bond acceptors (Lipinski definition) is 7. The molecule has 7 nitrogen and oxygen atoms in total. The standard InChI is InChI=1S/C31H36ClN3O4S/c1-31(2)38-26-16-21(15-25(37-3)28(26)39-31)30(36)35(17-22-14-20-11-7-8-12-23(20)33-22)18-24-29(32)40-27(34-24)13-19-9-5-4-6-10-19/h4-6,9-10,15-16,20,22-23,33H,7-8,11-14,17-18H2,1-3H3/t20?,22-,23?/m0/s1. The quantitative estimate of drug-likeness (QED) is 0.329. The molecule has 3 heterocycles. The highest BCUT2D eigenvalue weighted by Gasteiger charge is 2.38. The number of amides is 1. The van der Waals surface area contributed by atoms with Crippen LogP contribution < -0.4 is 19.5 Å². The smallest absolute Gasteiger partial charge is 0.254 e. The average molecular weight is 582 g/mol. The molecule has 3 atom stereocenters. The Bertz CT molecular complexity index is 1360. The number of carbonyl (C=O) groups is 1. The van der Waals surface area contributed by atoms with Gasteiger partial charge in [-0.3, -0.25) is 4.79 Å². The third-order valence-corrected chi connectivity index (χ3v) is 9.43. The fourth-order valence-corrected chi connectivity index (χ4v) is 7.50. The van der Waals surface area contributed by atoms with E-state index in [9.17, 15) is 4.79 Å². The molecule has 2 fully saturated rings. The van der Waals surface area contributed by atoms with Gasteiger partial charge >= 0.3 is 0 Å². The van der Waals surface area contributed by atoms with Gasteiger partial charge in [0.1, 0.15) is 4.34 Å². The zero-order chi connectivity index (χ0) is 27.9. The van der Waals surface area contributed by atoms with E-state index < -0.39 is 5.79 Å². The van der Waals surface area contributed by atoms with Crippen LogP contribution in [0, 0.1) is 5.92 Å². The number of halogens is 1. The number of fused-ring (bicyclic) bond motifs is 2. The monoisotopic (exact) mass is 581 g/mol. The molecule has 2 unspecified atom stereocenters. The van der Waals surface area contributed by atoms with Crippen molar-refractivity contribution in [2.45, 2.75) is 76.8 Å². The van der Waals surface area contributed by atoms with Crippen LogP contribution >= 0.6 is 22.9 Å². The third kappa shape index (κ3) is 5.80. The topological polar surface area (TPSA) is 72.9 Å². The summed E-state index contributed by atoms with van der Waals surface area (Å²) in [5.74, 6) is 1.25. The summed E-state index contributed by atoms with van der Waals surface area (Å²) in [5, 5.41) is 4.77. The van der Waals surface area contributed by atoms with Gasteiger partial charge in [0, 0.05) is 44.5 Å². The number of nitrogens with zero attached hydrogens (tertiary/aromatic N) is 2. The summed E-state index contributed by atoms with van der Waals surface area (Å²) < 4.78 is 18.1. The maximum atomic E-state index is 14.2. The van der Waals surface area contributed by atoms with Gasteiger partial charge in [0.2, 0.25) is 11.5 Å². The molecule has 0 spiro atoms. The van der Waals surface area contributed by atoms with Crippen molar-refractivity contribution in [2.24, 2.45) is 5.92 Å². The summed E-state index contributed by atoms with van der Waals surface area (Å²) in [6, 6.07) is 14.5. The molecule has 0 radical (unpaired) electrons. The van der Waals surface area contributed by atoms with E-state index in [4.69, 9.17) is 30.8 Å². The largest absolute Gasteiger partial charge is 0.493 e. The molecule has 2 aliphatic heterocycles. The lowest BCUT2D eigenvalue weighted by molar-refractivity contribution is -0.0439. The average Bonchev–Trinajstić information content (AvgIpc) is 3.60. The number of rotatable bonds is 8. The maximum Gasteiger partial charge on any atom is 0.254 e. The fourth-order valence-electron chi connectivity index (χ4n) is 6.30. The van der Waals surface area contributed by atoms with E-state index in [1.54, 1.807) is 19.2 Å². The highest BCUT2D eigenvalue weighted by atomic mass is 35.5. The van der Waals surface area contributed by atoms with E-state index in [2.05, 4.69) is 17.4 Å². The first-order valence-corrected chi connectivity index (χ1v) is 15.3. The van der Waals surface area contributed by atoms with E-state index in [0.717, 1.165) is 17.1 Å². The Hall–Kier alpha value is -2.81. The van der Waals surface area contributed by atoms with Crippen LogP contribution in [-0.2, 0) is 13.0 Å². The van der Waals surface area contributed by atoms with E-state index in [0.29, 0.717) is 58.6 Å².